The average molecular weight is 465 g/mol. The summed E-state index contributed by atoms with van der Waals surface area (Å²) in [5.74, 6) is 0. The van der Waals surface area contributed by atoms with E-state index in [0.29, 0.717) is 12.8 Å². The zero-order valence-electron chi connectivity index (χ0n) is 18.0. The molecule has 0 saturated carbocycles. The van der Waals surface area contributed by atoms with Crippen LogP contribution in [0.15, 0.2) is 0 Å². The van der Waals surface area contributed by atoms with Crippen molar-refractivity contribution in [3.8, 4) is 0 Å². The summed E-state index contributed by atoms with van der Waals surface area (Å²) >= 11 is 0. The van der Waals surface area contributed by atoms with Gasteiger partial charge in [0.25, 0.3) is 0 Å². The Morgan fingerprint density at radius 3 is 1.04 bits per heavy atom. The summed E-state index contributed by atoms with van der Waals surface area (Å²) in [7, 11) is -8.94. The molecule has 0 heterocycles. The topological polar surface area (TPSA) is 133 Å². The Morgan fingerprint density at radius 2 is 0.786 bits per heavy atom. The maximum atomic E-state index is 9.99. The van der Waals surface area contributed by atoms with Gasteiger partial charge in [-0.3, -0.25) is 8.37 Å². The molecule has 0 atom stereocenters. The van der Waals surface area contributed by atoms with E-state index in [9.17, 15) is 25.9 Å². The van der Waals surface area contributed by atoms with Gasteiger partial charge in [-0.05, 0) is 12.8 Å². The van der Waals surface area contributed by atoms with Gasteiger partial charge in [0.1, 0.15) is 0 Å². The summed E-state index contributed by atoms with van der Waals surface area (Å²) in [6, 6.07) is 0. The maximum absolute atomic E-state index is 9.99. The van der Waals surface area contributed by atoms with Crippen LogP contribution in [0.25, 0.3) is 0 Å². The van der Waals surface area contributed by atoms with Crippen molar-refractivity contribution in [2.45, 2.75) is 90.9 Å². The third kappa shape index (κ3) is 42.0. The second-order valence-electron chi connectivity index (χ2n) is 6.00. The normalized spacial score (nSPS) is 11.0. The van der Waals surface area contributed by atoms with E-state index in [1.807, 2.05) is 0 Å². The minimum absolute atomic E-state index is 0. The molecule has 28 heavy (non-hydrogen) atoms. The number of rotatable bonds is 16. The quantitative estimate of drug-likeness (QED) is 0.107. The molecule has 0 fully saturated rings. The van der Waals surface area contributed by atoms with Crippen LogP contribution in [0.2, 0.25) is 0 Å². The van der Waals surface area contributed by atoms with Gasteiger partial charge in [-0.25, -0.2) is 16.8 Å². The Bertz CT molecular complexity index is 453. The van der Waals surface area contributed by atoms with E-state index in [0.717, 1.165) is 25.7 Å². The van der Waals surface area contributed by atoms with Crippen LogP contribution in [0.5, 0.6) is 0 Å². The summed E-state index contributed by atoms with van der Waals surface area (Å²) < 4.78 is 68.0. The first-order chi connectivity index (χ1) is 12.1. The minimum Gasteiger partial charge on any atom is -0.726 e. The van der Waals surface area contributed by atoms with E-state index >= 15 is 0 Å². The molecule has 160 valence electrons. The summed E-state index contributed by atoms with van der Waals surface area (Å²) in [5, 5.41) is 0. The molecule has 0 aromatic carbocycles. The van der Waals surface area contributed by atoms with Crippen molar-refractivity contribution in [2.24, 2.45) is 0 Å². The molecule has 0 aliphatic heterocycles. The van der Waals surface area contributed by atoms with Crippen LogP contribution >= 0.6 is 0 Å². The second-order valence-corrected chi connectivity index (χ2v) is 8.10. The zero-order chi connectivity index (χ0) is 20.3. The van der Waals surface area contributed by atoms with E-state index in [2.05, 4.69) is 22.2 Å². The fraction of sp³-hybridized carbons (Fsp3) is 1.00. The monoisotopic (exact) mass is 464 g/mol. The Labute approximate surface area is 216 Å². The predicted octanol–water partition coefficient (Wildman–Crippen LogP) is -2.34. The van der Waals surface area contributed by atoms with Gasteiger partial charge in [0, 0.05) is 0 Å². The molecule has 0 saturated heterocycles. The second kappa shape index (κ2) is 25.0. The van der Waals surface area contributed by atoms with Crippen LogP contribution in [-0.4, -0.2) is 39.2 Å². The molecule has 0 aromatic heterocycles. The van der Waals surface area contributed by atoms with Gasteiger partial charge in [-0.1, -0.05) is 78.1 Å². The van der Waals surface area contributed by atoms with Crippen LogP contribution in [0.3, 0.4) is 0 Å². The van der Waals surface area contributed by atoms with E-state index in [1.165, 1.54) is 38.5 Å². The van der Waals surface area contributed by atoms with Crippen molar-refractivity contribution < 1.29 is 93.4 Å². The Kier molecular flexibility index (Phi) is 33.1. The predicted molar refractivity (Wildman–Crippen MR) is 98.1 cm³/mol. The van der Waals surface area contributed by atoms with Gasteiger partial charge in [0.2, 0.25) is 20.8 Å². The molecule has 0 unspecified atom stereocenters. The first kappa shape index (κ1) is 37.1. The average Bonchev–Trinajstić information content (AvgIpc) is 2.52. The molecule has 0 N–H and O–H groups in total. The number of hydrogen-bond acceptors (Lipinski definition) is 8. The van der Waals surface area contributed by atoms with Crippen LogP contribution in [0.4, 0.5) is 0 Å². The van der Waals surface area contributed by atoms with Crippen molar-refractivity contribution >= 4 is 20.8 Å². The van der Waals surface area contributed by atoms with Gasteiger partial charge in [0.15, 0.2) is 0 Å². The van der Waals surface area contributed by atoms with E-state index in [-0.39, 0.29) is 72.3 Å². The smallest absolute Gasteiger partial charge is 0.726 e. The van der Waals surface area contributed by atoms with Crippen molar-refractivity contribution in [3.05, 3.63) is 0 Å². The molecule has 0 aromatic rings. The molecule has 0 aliphatic carbocycles. The van der Waals surface area contributed by atoms with Crippen LogP contribution in [0.1, 0.15) is 90.9 Å². The Balaban J connectivity index is -0.000000192. The molecule has 0 amide bonds. The summed E-state index contributed by atoms with van der Waals surface area (Å²) in [6.45, 7) is 4.32. The Hall–Kier alpha value is 1.74. The van der Waals surface area contributed by atoms with E-state index in [1.54, 1.807) is 0 Å². The van der Waals surface area contributed by atoms with Crippen molar-refractivity contribution in [3.63, 3.8) is 0 Å². The van der Waals surface area contributed by atoms with Crippen LogP contribution in [-0.2, 0) is 29.2 Å². The molecule has 0 bridgehead atoms. The maximum Gasteiger partial charge on any atom is 1.00 e. The van der Waals surface area contributed by atoms with Gasteiger partial charge in [-0.2, -0.15) is 0 Å². The molecule has 0 radical (unpaired) electrons. The molecular formula is C16H34Na2O8S2. The van der Waals surface area contributed by atoms with E-state index in [4.69, 9.17) is 0 Å². The number of hydrogen-bond donors (Lipinski definition) is 0. The van der Waals surface area contributed by atoms with Crippen LogP contribution < -0.4 is 59.1 Å². The first-order valence-electron chi connectivity index (χ1n) is 9.32. The molecule has 0 aliphatic rings. The first-order valence-corrected chi connectivity index (χ1v) is 12.0. The fourth-order valence-electron chi connectivity index (χ4n) is 2.09. The summed E-state index contributed by atoms with van der Waals surface area (Å²) in [6.07, 6.45) is 12.4. The Morgan fingerprint density at radius 1 is 0.536 bits per heavy atom. The summed E-state index contributed by atoms with van der Waals surface area (Å²) in [5.41, 5.74) is 0. The largest absolute Gasteiger partial charge is 1.00 e. The zero-order valence-corrected chi connectivity index (χ0v) is 23.6. The van der Waals surface area contributed by atoms with Crippen molar-refractivity contribution in [1.82, 2.24) is 0 Å². The van der Waals surface area contributed by atoms with Gasteiger partial charge in [0.05, 0.1) is 13.2 Å². The van der Waals surface area contributed by atoms with Gasteiger partial charge >= 0.3 is 59.1 Å². The molecule has 12 heteroatoms. The molecule has 0 rings (SSSR count). The molecule has 0 spiro atoms. The third-order valence-corrected chi connectivity index (χ3v) is 4.36. The van der Waals surface area contributed by atoms with Crippen molar-refractivity contribution in [2.75, 3.05) is 13.2 Å². The molecular weight excluding hydrogens is 430 g/mol. The minimum atomic E-state index is -4.47. The SMILES string of the molecule is CCCCCCCCOS(=O)(=O)[O-].CCCCCCCCOS(=O)(=O)[O-].[Na+].[Na+]. The van der Waals surface area contributed by atoms with Gasteiger partial charge < -0.3 is 9.11 Å². The van der Waals surface area contributed by atoms with Crippen molar-refractivity contribution in [1.29, 1.82) is 0 Å². The third-order valence-electron chi connectivity index (χ3n) is 3.45. The fourth-order valence-corrected chi connectivity index (χ4v) is 2.73. The van der Waals surface area contributed by atoms with Crippen LogP contribution in [0, 0.1) is 0 Å². The summed E-state index contributed by atoms with van der Waals surface area (Å²) in [4.78, 5) is 0. The van der Waals surface area contributed by atoms with E-state index < -0.39 is 20.8 Å². The standard InChI is InChI=1S/2C8H18O4S.2Na/c2*1-2-3-4-5-6-7-8-12-13(9,10)11;;/h2*2-8H2,1H3,(H,9,10,11);;/q;;2*+1/p-2. The number of unbranched alkanes of at least 4 members (excludes halogenated alkanes) is 10. The molecule has 8 nitrogen and oxygen atoms in total. The van der Waals surface area contributed by atoms with Gasteiger partial charge in [-0.15, -0.1) is 0 Å².